The number of thiazole rings is 1. The van der Waals surface area contributed by atoms with Crippen molar-refractivity contribution in [1.82, 2.24) is 15.2 Å². The summed E-state index contributed by atoms with van der Waals surface area (Å²) in [6.45, 7) is 1.58. The summed E-state index contributed by atoms with van der Waals surface area (Å²) >= 11 is 1.59. The van der Waals surface area contributed by atoms with Crippen LogP contribution in [0.3, 0.4) is 0 Å². The molecule has 0 spiro atoms. The number of amides is 1. The molecule has 1 aromatic heterocycles. The summed E-state index contributed by atoms with van der Waals surface area (Å²) in [6, 6.07) is 0.0231. The Labute approximate surface area is 105 Å². The van der Waals surface area contributed by atoms with Crippen molar-refractivity contribution in [3.05, 3.63) is 16.6 Å². The maximum Gasteiger partial charge on any atom is 0.239 e. The molecule has 0 radical (unpaired) electrons. The fourth-order valence-corrected chi connectivity index (χ4v) is 2.44. The maximum absolute atomic E-state index is 11.9. The molecule has 1 amide bonds. The minimum absolute atomic E-state index is 0. The van der Waals surface area contributed by atoms with Crippen LogP contribution in [0, 0.1) is 0 Å². The molecule has 4 nitrogen and oxygen atoms in total. The lowest BCUT2D eigenvalue weighted by Gasteiger charge is -2.19. The van der Waals surface area contributed by atoms with Gasteiger partial charge in [0.15, 0.2) is 0 Å². The summed E-state index contributed by atoms with van der Waals surface area (Å²) < 4.78 is 0. The lowest BCUT2D eigenvalue weighted by molar-refractivity contribution is -0.132. The molecule has 6 heteroatoms. The monoisotopic (exact) mass is 261 g/mol. The Morgan fingerprint density at radius 1 is 1.75 bits per heavy atom. The molecule has 1 saturated heterocycles. The van der Waals surface area contributed by atoms with Gasteiger partial charge in [0, 0.05) is 18.6 Å². The average Bonchev–Trinajstić information content (AvgIpc) is 2.88. The quantitative estimate of drug-likeness (QED) is 0.892. The molecule has 1 aliphatic rings. The van der Waals surface area contributed by atoms with Crippen LogP contribution in [-0.2, 0) is 11.3 Å². The summed E-state index contributed by atoms with van der Waals surface area (Å²) in [6.07, 6.45) is 3.83. The predicted molar refractivity (Wildman–Crippen MR) is 66.9 cm³/mol. The SMILES string of the molecule is CN(Cc1nccs1)C(=O)C1CCCN1.Cl. The molecule has 1 aromatic rings. The van der Waals surface area contributed by atoms with Gasteiger partial charge in [0.05, 0.1) is 12.6 Å². The number of carbonyl (C=O) groups excluding carboxylic acids is 1. The van der Waals surface area contributed by atoms with Gasteiger partial charge in [0.1, 0.15) is 5.01 Å². The van der Waals surface area contributed by atoms with Crippen molar-refractivity contribution in [2.45, 2.75) is 25.4 Å². The molecule has 1 unspecified atom stereocenters. The normalized spacial score (nSPS) is 19.2. The number of likely N-dealkylation sites (N-methyl/N-ethyl adjacent to an activating group) is 1. The van der Waals surface area contributed by atoms with Crippen LogP contribution in [0.5, 0.6) is 0 Å². The van der Waals surface area contributed by atoms with Gasteiger partial charge in [0.25, 0.3) is 0 Å². The Morgan fingerprint density at radius 3 is 3.12 bits per heavy atom. The Bertz CT molecular complexity index is 325. The second-order valence-electron chi connectivity index (χ2n) is 3.77. The third kappa shape index (κ3) is 3.17. The largest absolute Gasteiger partial charge is 0.338 e. The van der Waals surface area contributed by atoms with Crippen LogP contribution in [0.4, 0.5) is 0 Å². The lowest BCUT2D eigenvalue weighted by atomic mass is 10.2. The molecule has 1 aliphatic heterocycles. The molecule has 2 heterocycles. The van der Waals surface area contributed by atoms with Gasteiger partial charge in [-0.05, 0) is 19.4 Å². The van der Waals surface area contributed by atoms with Gasteiger partial charge in [0.2, 0.25) is 5.91 Å². The summed E-state index contributed by atoms with van der Waals surface area (Å²) in [7, 11) is 1.84. The molecule has 0 aromatic carbocycles. The topological polar surface area (TPSA) is 45.2 Å². The second-order valence-corrected chi connectivity index (χ2v) is 4.75. The van der Waals surface area contributed by atoms with Crippen LogP contribution in [0.15, 0.2) is 11.6 Å². The Kier molecular flexibility index (Phi) is 5.18. The zero-order chi connectivity index (χ0) is 10.7. The first-order valence-corrected chi connectivity index (χ1v) is 6.02. The lowest BCUT2D eigenvalue weighted by Crippen LogP contribution is -2.41. The molecule has 1 atom stereocenters. The molecule has 90 valence electrons. The van der Waals surface area contributed by atoms with E-state index in [1.807, 2.05) is 12.4 Å². The maximum atomic E-state index is 11.9. The molecule has 1 fully saturated rings. The number of halogens is 1. The summed E-state index contributed by atoms with van der Waals surface area (Å²) in [5.41, 5.74) is 0. The van der Waals surface area contributed by atoms with E-state index in [1.54, 1.807) is 22.4 Å². The number of hydrogen-bond donors (Lipinski definition) is 1. The summed E-state index contributed by atoms with van der Waals surface area (Å²) in [4.78, 5) is 17.8. The third-order valence-corrected chi connectivity index (χ3v) is 3.35. The highest BCUT2D eigenvalue weighted by molar-refractivity contribution is 7.09. The number of hydrogen-bond acceptors (Lipinski definition) is 4. The molecule has 16 heavy (non-hydrogen) atoms. The standard InChI is InChI=1S/C10H15N3OS.ClH/c1-13(7-9-12-5-6-15-9)10(14)8-3-2-4-11-8;/h5-6,8,11H,2-4,7H2,1H3;1H. The zero-order valence-corrected chi connectivity index (χ0v) is 10.8. The van der Waals surface area contributed by atoms with E-state index < -0.39 is 0 Å². The van der Waals surface area contributed by atoms with Crippen molar-refractivity contribution < 1.29 is 4.79 Å². The van der Waals surface area contributed by atoms with Gasteiger partial charge in [-0.1, -0.05) is 0 Å². The Balaban J connectivity index is 0.00000128. The smallest absolute Gasteiger partial charge is 0.239 e. The van der Waals surface area contributed by atoms with Crippen molar-refractivity contribution in [3.63, 3.8) is 0 Å². The van der Waals surface area contributed by atoms with E-state index in [1.165, 1.54) is 0 Å². The number of nitrogens with zero attached hydrogens (tertiary/aromatic N) is 2. The fraction of sp³-hybridized carbons (Fsp3) is 0.600. The summed E-state index contributed by atoms with van der Waals surface area (Å²) in [5.74, 6) is 0.183. The van der Waals surface area contributed by atoms with Gasteiger partial charge >= 0.3 is 0 Å². The van der Waals surface area contributed by atoms with E-state index in [0.717, 1.165) is 24.4 Å². The van der Waals surface area contributed by atoms with Crippen LogP contribution < -0.4 is 5.32 Å². The van der Waals surface area contributed by atoms with E-state index in [9.17, 15) is 4.79 Å². The molecule has 0 saturated carbocycles. The molecule has 1 N–H and O–H groups in total. The van der Waals surface area contributed by atoms with E-state index >= 15 is 0 Å². The van der Waals surface area contributed by atoms with Crippen molar-refractivity contribution in [2.75, 3.05) is 13.6 Å². The molecular formula is C10H16ClN3OS. The van der Waals surface area contributed by atoms with Crippen molar-refractivity contribution in [2.24, 2.45) is 0 Å². The first-order valence-electron chi connectivity index (χ1n) is 5.14. The van der Waals surface area contributed by atoms with Crippen molar-refractivity contribution >= 4 is 29.7 Å². The van der Waals surface area contributed by atoms with Crippen molar-refractivity contribution in [1.29, 1.82) is 0 Å². The van der Waals surface area contributed by atoms with Gasteiger partial charge in [-0.2, -0.15) is 0 Å². The Hall–Kier alpha value is -0.650. The number of aromatic nitrogens is 1. The summed E-state index contributed by atoms with van der Waals surface area (Å²) in [5, 5.41) is 6.13. The van der Waals surface area contributed by atoms with E-state index in [-0.39, 0.29) is 24.4 Å². The first kappa shape index (κ1) is 13.4. The first-order chi connectivity index (χ1) is 7.27. The second kappa shape index (κ2) is 6.18. The van der Waals surface area contributed by atoms with Crippen LogP contribution in [-0.4, -0.2) is 35.4 Å². The van der Waals surface area contributed by atoms with Crippen LogP contribution >= 0.6 is 23.7 Å². The van der Waals surface area contributed by atoms with Gasteiger partial charge in [-0.3, -0.25) is 4.79 Å². The van der Waals surface area contributed by atoms with Crippen LogP contribution in [0.25, 0.3) is 0 Å². The molecule has 0 aliphatic carbocycles. The third-order valence-electron chi connectivity index (χ3n) is 2.59. The highest BCUT2D eigenvalue weighted by atomic mass is 35.5. The number of nitrogens with one attached hydrogen (secondary N) is 1. The molecule has 0 bridgehead atoms. The minimum atomic E-state index is 0. The molecular weight excluding hydrogens is 246 g/mol. The van der Waals surface area contributed by atoms with Gasteiger partial charge in [-0.15, -0.1) is 23.7 Å². The predicted octanol–water partition coefficient (Wildman–Crippen LogP) is 1.28. The highest BCUT2D eigenvalue weighted by Crippen LogP contribution is 2.11. The average molecular weight is 262 g/mol. The fourth-order valence-electron chi connectivity index (χ4n) is 1.77. The van der Waals surface area contributed by atoms with E-state index in [0.29, 0.717) is 6.54 Å². The Morgan fingerprint density at radius 2 is 2.56 bits per heavy atom. The van der Waals surface area contributed by atoms with E-state index in [2.05, 4.69) is 10.3 Å². The van der Waals surface area contributed by atoms with Crippen LogP contribution in [0.1, 0.15) is 17.8 Å². The highest BCUT2D eigenvalue weighted by Gasteiger charge is 2.25. The molecule has 2 rings (SSSR count). The van der Waals surface area contributed by atoms with E-state index in [4.69, 9.17) is 0 Å². The van der Waals surface area contributed by atoms with Gasteiger partial charge < -0.3 is 10.2 Å². The zero-order valence-electron chi connectivity index (χ0n) is 9.18. The van der Waals surface area contributed by atoms with Gasteiger partial charge in [-0.25, -0.2) is 4.98 Å². The van der Waals surface area contributed by atoms with Crippen LogP contribution in [0.2, 0.25) is 0 Å². The minimum Gasteiger partial charge on any atom is -0.338 e. The number of carbonyl (C=O) groups is 1. The van der Waals surface area contributed by atoms with Crippen molar-refractivity contribution in [3.8, 4) is 0 Å². The number of rotatable bonds is 3.